The quantitative estimate of drug-likeness (QED) is 0.143. The molecule has 0 aliphatic rings. The Hall–Kier alpha value is -4.28. The first-order valence-corrected chi connectivity index (χ1v) is 12.1. The van der Waals surface area contributed by atoms with E-state index in [1.54, 1.807) is 6.92 Å². The summed E-state index contributed by atoms with van der Waals surface area (Å²) < 4.78 is 150. The summed E-state index contributed by atoms with van der Waals surface area (Å²) in [5.74, 6) is -14.1. The van der Waals surface area contributed by atoms with E-state index in [2.05, 4.69) is 4.74 Å². The van der Waals surface area contributed by atoms with Gasteiger partial charge in [0.05, 0.1) is 5.39 Å². The molecular formula is C30H16F10O. The SMILES string of the molecule is CCCc1ccc(-c2ccc3cc(C(F)(F)Oc4ccc5c(F)c(F)c(F)cc5c4)c(F)c(F)c3c2F)c(F)c1F. The maximum absolute atomic E-state index is 15.4. The molecule has 0 aliphatic heterocycles. The van der Waals surface area contributed by atoms with Gasteiger partial charge in [0.15, 0.2) is 40.7 Å². The van der Waals surface area contributed by atoms with E-state index in [0.29, 0.717) is 18.6 Å². The fraction of sp³-hybridized carbons (Fsp3) is 0.133. The molecule has 0 saturated heterocycles. The summed E-state index contributed by atoms with van der Waals surface area (Å²) >= 11 is 0. The molecule has 212 valence electrons. The van der Waals surface area contributed by atoms with Crippen molar-refractivity contribution in [2.45, 2.75) is 25.9 Å². The smallest absolute Gasteiger partial charge is 0.429 e. The van der Waals surface area contributed by atoms with Gasteiger partial charge in [-0.1, -0.05) is 37.6 Å². The predicted molar refractivity (Wildman–Crippen MR) is 132 cm³/mol. The zero-order chi connectivity index (χ0) is 29.8. The Bertz CT molecular complexity index is 1850. The summed E-state index contributed by atoms with van der Waals surface area (Å²) in [5.41, 5.74) is -2.82. The molecule has 0 saturated carbocycles. The first kappa shape index (κ1) is 28.3. The van der Waals surface area contributed by atoms with Crippen LogP contribution in [0.1, 0.15) is 24.5 Å². The van der Waals surface area contributed by atoms with Crippen LogP contribution >= 0.6 is 0 Å². The van der Waals surface area contributed by atoms with Crippen LogP contribution in [0.2, 0.25) is 0 Å². The van der Waals surface area contributed by atoms with E-state index in [0.717, 1.165) is 36.4 Å². The second-order valence-electron chi connectivity index (χ2n) is 9.22. The minimum Gasteiger partial charge on any atom is -0.429 e. The van der Waals surface area contributed by atoms with Gasteiger partial charge in [0, 0.05) is 16.5 Å². The number of rotatable bonds is 6. The third kappa shape index (κ3) is 4.72. The summed E-state index contributed by atoms with van der Waals surface area (Å²) in [5, 5.41) is -2.45. The molecule has 0 aliphatic carbocycles. The Morgan fingerprint density at radius 1 is 0.610 bits per heavy atom. The predicted octanol–water partition coefficient (Wildman–Crippen LogP) is 9.85. The van der Waals surface area contributed by atoms with Gasteiger partial charge >= 0.3 is 6.11 Å². The first-order valence-electron chi connectivity index (χ1n) is 12.1. The van der Waals surface area contributed by atoms with Crippen molar-refractivity contribution >= 4 is 21.5 Å². The topological polar surface area (TPSA) is 9.23 Å². The maximum Gasteiger partial charge on any atom is 0.429 e. The van der Waals surface area contributed by atoms with Crippen LogP contribution in [0, 0.1) is 46.5 Å². The van der Waals surface area contributed by atoms with Gasteiger partial charge in [-0.3, -0.25) is 0 Å². The molecule has 5 rings (SSSR count). The number of benzene rings is 5. The monoisotopic (exact) mass is 582 g/mol. The number of hydrogen-bond acceptors (Lipinski definition) is 1. The molecule has 0 aromatic heterocycles. The van der Waals surface area contributed by atoms with Crippen molar-refractivity contribution in [2.24, 2.45) is 0 Å². The van der Waals surface area contributed by atoms with Crippen LogP contribution in [0.15, 0.2) is 54.6 Å². The number of ether oxygens (including phenoxy) is 1. The van der Waals surface area contributed by atoms with Crippen LogP contribution in [0.5, 0.6) is 5.75 Å². The van der Waals surface area contributed by atoms with Crippen LogP contribution in [-0.4, -0.2) is 0 Å². The standard InChI is InChI=1S/C30H16F10O/c1-2-3-13-4-7-19(26(35)23(13)32)18-8-5-14-11-20(27(36)29(38)22(14)24(18)33)30(39,40)41-16-6-9-17-15(10-16)12-21(31)28(37)25(17)34/h4-12H,2-3H2,1H3. The molecule has 0 radical (unpaired) electrons. The Kier molecular flexibility index (Phi) is 7.08. The lowest BCUT2D eigenvalue weighted by Gasteiger charge is -2.20. The van der Waals surface area contributed by atoms with Crippen LogP contribution < -0.4 is 4.74 Å². The van der Waals surface area contributed by atoms with E-state index in [1.165, 1.54) is 6.07 Å². The summed E-state index contributed by atoms with van der Waals surface area (Å²) in [4.78, 5) is 0. The maximum atomic E-state index is 15.4. The molecular weight excluding hydrogens is 566 g/mol. The van der Waals surface area contributed by atoms with Crippen molar-refractivity contribution in [1.29, 1.82) is 0 Å². The summed E-state index contributed by atoms with van der Waals surface area (Å²) in [6, 6.07) is 7.40. The minimum atomic E-state index is -4.59. The van der Waals surface area contributed by atoms with Crippen LogP contribution in [0.25, 0.3) is 32.7 Å². The highest BCUT2D eigenvalue weighted by atomic mass is 19.3. The Morgan fingerprint density at radius 2 is 1.29 bits per heavy atom. The Labute approximate surface area is 225 Å². The molecule has 0 N–H and O–H groups in total. The average molecular weight is 582 g/mol. The molecule has 0 bridgehead atoms. The van der Waals surface area contributed by atoms with E-state index >= 15 is 17.6 Å². The van der Waals surface area contributed by atoms with Crippen molar-refractivity contribution < 1.29 is 48.6 Å². The largest absolute Gasteiger partial charge is 0.429 e. The van der Waals surface area contributed by atoms with E-state index in [9.17, 15) is 26.3 Å². The van der Waals surface area contributed by atoms with Crippen LogP contribution in [0.3, 0.4) is 0 Å². The summed E-state index contributed by atoms with van der Waals surface area (Å²) in [6.45, 7) is 1.74. The third-order valence-electron chi connectivity index (χ3n) is 6.60. The molecule has 5 aromatic rings. The van der Waals surface area contributed by atoms with Gasteiger partial charge in [-0.05, 0) is 53.1 Å². The number of halogens is 10. The number of hydrogen-bond donors (Lipinski definition) is 0. The number of fused-ring (bicyclic) bond motifs is 2. The highest BCUT2D eigenvalue weighted by molar-refractivity contribution is 5.90. The fourth-order valence-electron chi connectivity index (χ4n) is 4.61. The van der Waals surface area contributed by atoms with Gasteiger partial charge < -0.3 is 4.74 Å². The van der Waals surface area contributed by atoms with Crippen molar-refractivity contribution in [3.8, 4) is 16.9 Å². The van der Waals surface area contributed by atoms with Gasteiger partial charge in [0.1, 0.15) is 17.1 Å². The summed E-state index contributed by atoms with van der Waals surface area (Å²) in [6.07, 6.45) is -3.89. The molecule has 11 heteroatoms. The lowest BCUT2D eigenvalue weighted by molar-refractivity contribution is -0.187. The highest BCUT2D eigenvalue weighted by Crippen LogP contribution is 2.40. The first-order chi connectivity index (χ1) is 19.4. The summed E-state index contributed by atoms with van der Waals surface area (Å²) in [7, 11) is 0. The van der Waals surface area contributed by atoms with E-state index in [1.807, 2.05) is 0 Å². The normalized spacial score (nSPS) is 12.0. The van der Waals surface area contributed by atoms with E-state index < -0.39 is 91.2 Å². The molecule has 5 aromatic carbocycles. The number of aryl methyl sites for hydroxylation is 1. The second kappa shape index (κ2) is 10.3. The van der Waals surface area contributed by atoms with Crippen molar-refractivity contribution in [1.82, 2.24) is 0 Å². The zero-order valence-electron chi connectivity index (χ0n) is 20.8. The van der Waals surface area contributed by atoms with Crippen LogP contribution in [0.4, 0.5) is 43.9 Å². The van der Waals surface area contributed by atoms with Crippen molar-refractivity contribution in [2.75, 3.05) is 0 Å². The van der Waals surface area contributed by atoms with Crippen molar-refractivity contribution in [3.05, 3.63) is 112 Å². The number of alkyl halides is 2. The molecule has 0 amide bonds. The van der Waals surface area contributed by atoms with E-state index in [4.69, 9.17) is 0 Å². The molecule has 0 heterocycles. The molecule has 0 spiro atoms. The lowest BCUT2D eigenvalue weighted by atomic mass is 9.96. The average Bonchev–Trinajstić information content (AvgIpc) is 2.92. The zero-order valence-corrected chi connectivity index (χ0v) is 20.8. The lowest BCUT2D eigenvalue weighted by Crippen LogP contribution is -2.24. The minimum absolute atomic E-state index is 0.0351. The van der Waals surface area contributed by atoms with Gasteiger partial charge in [-0.2, -0.15) is 8.78 Å². The molecule has 41 heavy (non-hydrogen) atoms. The fourth-order valence-corrected chi connectivity index (χ4v) is 4.61. The van der Waals surface area contributed by atoms with Gasteiger partial charge in [-0.15, -0.1) is 0 Å². The Morgan fingerprint density at radius 3 is 2.00 bits per heavy atom. The van der Waals surface area contributed by atoms with Crippen molar-refractivity contribution in [3.63, 3.8) is 0 Å². The Balaban J connectivity index is 1.57. The molecule has 1 nitrogen and oxygen atoms in total. The second-order valence-corrected chi connectivity index (χ2v) is 9.22. The van der Waals surface area contributed by atoms with Gasteiger partial charge in [-0.25, -0.2) is 35.1 Å². The highest BCUT2D eigenvalue weighted by Gasteiger charge is 2.40. The molecule has 0 unspecified atom stereocenters. The molecule has 0 atom stereocenters. The van der Waals surface area contributed by atoms with E-state index in [-0.39, 0.29) is 17.4 Å². The van der Waals surface area contributed by atoms with Crippen LogP contribution in [-0.2, 0) is 12.5 Å². The van der Waals surface area contributed by atoms with Gasteiger partial charge in [0.25, 0.3) is 0 Å². The molecule has 0 fully saturated rings. The third-order valence-corrected chi connectivity index (χ3v) is 6.60. The van der Waals surface area contributed by atoms with Gasteiger partial charge in [0.2, 0.25) is 0 Å².